The molecule has 0 radical (unpaired) electrons. The molecule has 1 aromatic carbocycles. The number of hydrogen-bond acceptors (Lipinski definition) is 3. The Labute approximate surface area is 120 Å². The van der Waals surface area contributed by atoms with Gasteiger partial charge < -0.3 is 11.1 Å². The van der Waals surface area contributed by atoms with Crippen LogP contribution in [-0.2, 0) is 0 Å². The van der Waals surface area contributed by atoms with Crippen molar-refractivity contribution in [2.24, 2.45) is 0 Å². The van der Waals surface area contributed by atoms with E-state index in [4.69, 9.17) is 28.9 Å². The van der Waals surface area contributed by atoms with E-state index in [0.29, 0.717) is 10.7 Å². The van der Waals surface area contributed by atoms with E-state index < -0.39 is 0 Å². The highest BCUT2D eigenvalue weighted by atomic mass is 35.5. The number of para-hydroxylation sites is 1. The van der Waals surface area contributed by atoms with Crippen molar-refractivity contribution in [3.8, 4) is 0 Å². The number of benzene rings is 1. The van der Waals surface area contributed by atoms with Gasteiger partial charge >= 0.3 is 0 Å². The number of amides is 1. The highest BCUT2D eigenvalue weighted by molar-refractivity contribution is 6.34. The second kappa shape index (κ2) is 5.47. The first-order valence-electron chi connectivity index (χ1n) is 5.46. The summed E-state index contributed by atoms with van der Waals surface area (Å²) in [5, 5.41) is 3.39. The molecule has 0 atom stereocenters. The Balaban J connectivity index is 2.34. The summed E-state index contributed by atoms with van der Waals surface area (Å²) in [5.74, 6) is -0.377. The Kier molecular flexibility index (Phi) is 3.93. The maximum absolute atomic E-state index is 12.2. The van der Waals surface area contributed by atoms with Crippen LogP contribution in [0.2, 0.25) is 10.2 Å². The van der Waals surface area contributed by atoms with Gasteiger partial charge in [-0.2, -0.15) is 0 Å². The van der Waals surface area contributed by atoms with E-state index >= 15 is 0 Å². The van der Waals surface area contributed by atoms with E-state index in [1.165, 1.54) is 12.3 Å². The number of aromatic nitrogens is 1. The normalized spacial score (nSPS) is 10.3. The fourth-order valence-electron chi connectivity index (χ4n) is 1.61. The van der Waals surface area contributed by atoms with Gasteiger partial charge in [-0.15, -0.1) is 0 Å². The summed E-state index contributed by atoms with van der Waals surface area (Å²) >= 11 is 11.8. The molecule has 0 aliphatic rings. The smallest absolute Gasteiger partial charge is 0.257 e. The molecule has 0 unspecified atom stereocenters. The summed E-state index contributed by atoms with van der Waals surface area (Å²) in [6.07, 6.45) is 1.34. The van der Waals surface area contributed by atoms with Gasteiger partial charge in [-0.05, 0) is 24.6 Å². The zero-order chi connectivity index (χ0) is 14.0. The Morgan fingerprint density at radius 2 is 2.11 bits per heavy atom. The van der Waals surface area contributed by atoms with Crippen LogP contribution in [0.25, 0.3) is 0 Å². The monoisotopic (exact) mass is 295 g/mol. The SMILES string of the molecule is Cc1cccc(Cl)c1NC(=O)c1cc(Cl)ncc1N. The second-order valence-corrected chi connectivity index (χ2v) is 4.77. The first kappa shape index (κ1) is 13.6. The molecule has 1 aromatic heterocycles. The van der Waals surface area contributed by atoms with Crippen molar-refractivity contribution in [2.75, 3.05) is 11.1 Å². The number of nitrogen functional groups attached to an aromatic ring is 1. The fraction of sp³-hybridized carbons (Fsp3) is 0.0769. The van der Waals surface area contributed by atoms with Crippen molar-refractivity contribution in [3.63, 3.8) is 0 Å². The quantitative estimate of drug-likeness (QED) is 0.833. The average Bonchev–Trinajstić information content (AvgIpc) is 2.37. The maximum Gasteiger partial charge on any atom is 0.257 e. The highest BCUT2D eigenvalue weighted by Crippen LogP contribution is 2.26. The molecule has 1 heterocycles. The summed E-state index contributed by atoms with van der Waals surface area (Å²) in [7, 11) is 0. The third-order valence-electron chi connectivity index (χ3n) is 2.61. The van der Waals surface area contributed by atoms with Gasteiger partial charge in [-0.25, -0.2) is 4.98 Å². The molecule has 0 aliphatic heterocycles. The minimum atomic E-state index is -0.377. The maximum atomic E-state index is 12.2. The Bertz CT molecular complexity index is 624. The van der Waals surface area contributed by atoms with Gasteiger partial charge in [-0.3, -0.25) is 4.79 Å². The lowest BCUT2D eigenvalue weighted by Gasteiger charge is -2.11. The number of nitrogens with zero attached hydrogens (tertiary/aromatic N) is 1. The molecule has 2 rings (SSSR count). The summed E-state index contributed by atoms with van der Waals surface area (Å²) in [5.41, 5.74) is 7.64. The van der Waals surface area contributed by atoms with Crippen molar-refractivity contribution in [1.82, 2.24) is 4.98 Å². The van der Waals surface area contributed by atoms with Crippen molar-refractivity contribution in [1.29, 1.82) is 0 Å². The van der Waals surface area contributed by atoms with E-state index in [1.807, 2.05) is 19.1 Å². The van der Waals surface area contributed by atoms with E-state index in [-0.39, 0.29) is 22.3 Å². The molecule has 0 spiro atoms. The second-order valence-electron chi connectivity index (χ2n) is 3.98. The number of anilines is 2. The van der Waals surface area contributed by atoms with Crippen molar-refractivity contribution >= 4 is 40.5 Å². The van der Waals surface area contributed by atoms with Gasteiger partial charge in [0.1, 0.15) is 5.15 Å². The van der Waals surface area contributed by atoms with Crippen LogP contribution in [0, 0.1) is 6.92 Å². The van der Waals surface area contributed by atoms with E-state index in [2.05, 4.69) is 10.3 Å². The van der Waals surface area contributed by atoms with Gasteiger partial charge in [0.25, 0.3) is 5.91 Å². The number of carbonyl (C=O) groups excluding carboxylic acids is 1. The molecule has 4 nitrogen and oxygen atoms in total. The molecule has 0 aliphatic carbocycles. The van der Waals surface area contributed by atoms with E-state index in [0.717, 1.165) is 5.56 Å². The first-order valence-corrected chi connectivity index (χ1v) is 6.22. The molecule has 1 amide bonds. The summed E-state index contributed by atoms with van der Waals surface area (Å²) in [6.45, 7) is 1.85. The number of aryl methyl sites for hydroxylation is 1. The van der Waals surface area contributed by atoms with Gasteiger partial charge in [0.2, 0.25) is 0 Å². The third-order valence-corrected chi connectivity index (χ3v) is 3.13. The molecule has 0 bridgehead atoms. The average molecular weight is 296 g/mol. The Morgan fingerprint density at radius 3 is 2.79 bits per heavy atom. The largest absolute Gasteiger partial charge is 0.397 e. The van der Waals surface area contributed by atoms with Crippen molar-refractivity contribution < 1.29 is 4.79 Å². The van der Waals surface area contributed by atoms with E-state index in [9.17, 15) is 4.79 Å². The minimum Gasteiger partial charge on any atom is -0.397 e. The molecule has 0 saturated heterocycles. The number of halogens is 2. The topological polar surface area (TPSA) is 68.0 Å². The standard InChI is InChI=1S/C13H11Cl2N3O/c1-7-3-2-4-9(14)12(7)18-13(19)8-5-11(15)17-6-10(8)16/h2-6H,16H2,1H3,(H,18,19). The molecule has 2 aromatic rings. The van der Waals surface area contributed by atoms with Crippen LogP contribution in [0.1, 0.15) is 15.9 Å². The van der Waals surface area contributed by atoms with Crippen molar-refractivity contribution in [3.05, 3.63) is 51.8 Å². The summed E-state index contributed by atoms with van der Waals surface area (Å²) in [4.78, 5) is 16.0. The highest BCUT2D eigenvalue weighted by Gasteiger charge is 2.14. The number of nitrogens with one attached hydrogen (secondary N) is 1. The van der Waals surface area contributed by atoms with Gasteiger partial charge in [0.05, 0.1) is 28.2 Å². The summed E-state index contributed by atoms with van der Waals surface area (Å²) < 4.78 is 0. The van der Waals surface area contributed by atoms with Gasteiger partial charge in [0.15, 0.2) is 0 Å². The zero-order valence-electron chi connectivity index (χ0n) is 10.1. The van der Waals surface area contributed by atoms with Crippen LogP contribution >= 0.6 is 23.2 Å². The van der Waals surface area contributed by atoms with Gasteiger partial charge in [0, 0.05) is 0 Å². The number of hydrogen-bond donors (Lipinski definition) is 2. The molecule has 0 fully saturated rings. The fourth-order valence-corrected chi connectivity index (χ4v) is 2.04. The van der Waals surface area contributed by atoms with Crippen LogP contribution in [0.3, 0.4) is 0 Å². The molecule has 19 heavy (non-hydrogen) atoms. The lowest BCUT2D eigenvalue weighted by molar-refractivity contribution is 0.102. The number of pyridine rings is 1. The molecule has 6 heteroatoms. The van der Waals surface area contributed by atoms with Crippen molar-refractivity contribution in [2.45, 2.75) is 6.92 Å². The van der Waals surface area contributed by atoms with Crippen LogP contribution in [0.4, 0.5) is 11.4 Å². The lowest BCUT2D eigenvalue weighted by Crippen LogP contribution is -2.15. The predicted octanol–water partition coefficient (Wildman–Crippen LogP) is 3.53. The van der Waals surface area contributed by atoms with Crippen LogP contribution in [-0.4, -0.2) is 10.9 Å². The Morgan fingerprint density at radius 1 is 1.37 bits per heavy atom. The molecule has 0 saturated carbocycles. The first-order chi connectivity index (χ1) is 8.99. The minimum absolute atomic E-state index is 0.204. The van der Waals surface area contributed by atoms with Gasteiger partial charge in [-0.1, -0.05) is 35.3 Å². The van der Waals surface area contributed by atoms with E-state index in [1.54, 1.807) is 6.07 Å². The predicted molar refractivity (Wildman–Crippen MR) is 77.8 cm³/mol. The van der Waals surface area contributed by atoms with Crippen LogP contribution < -0.4 is 11.1 Å². The lowest BCUT2D eigenvalue weighted by atomic mass is 10.1. The third kappa shape index (κ3) is 2.97. The van der Waals surface area contributed by atoms with Crippen LogP contribution in [0.15, 0.2) is 30.5 Å². The molecule has 3 N–H and O–H groups in total. The number of carbonyl (C=O) groups is 1. The molecular weight excluding hydrogens is 285 g/mol. The summed E-state index contributed by atoms with van der Waals surface area (Å²) in [6, 6.07) is 6.78. The van der Waals surface area contributed by atoms with Crippen LogP contribution in [0.5, 0.6) is 0 Å². The number of rotatable bonds is 2. The molecule has 98 valence electrons. The molecular formula is C13H11Cl2N3O. The zero-order valence-corrected chi connectivity index (χ0v) is 11.6. The number of nitrogens with two attached hydrogens (primary N) is 1. The Hall–Kier alpha value is -1.78.